The van der Waals surface area contributed by atoms with Gasteiger partial charge in [0.25, 0.3) is 0 Å². The summed E-state index contributed by atoms with van der Waals surface area (Å²) in [6, 6.07) is 6.70. The number of aliphatic hydroxyl groups is 1. The number of hydrogen-bond donors (Lipinski definition) is 2. The first-order valence-electron chi connectivity index (χ1n) is 8.38. The van der Waals surface area contributed by atoms with E-state index in [0.717, 1.165) is 38.9 Å². The van der Waals surface area contributed by atoms with Crippen molar-refractivity contribution in [2.75, 3.05) is 19.6 Å². The molecule has 4 heteroatoms. The maximum absolute atomic E-state index is 12.0. The van der Waals surface area contributed by atoms with Gasteiger partial charge < -0.3 is 10.4 Å². The SMILES string of the molecule is Cc1ccc2c(c1)CCN(CCNC(=O)C1CCC(O)C1)C2. The molecule has 1 aliphatic heterocycles. The number of carbonyl (C=O) groups is 1. The van der Waals surface area contributed by atoms with E-state index in [1.54, 1.807) is 0 Å². The molecule has 0 spiro atoms. The van der Waals surface area contributed by atoms with Crippen molar-refractivity contribution in [3.63, 3.8) is 0 Å². The van der Waals surface area contributed by atoms with E-state index in [1.807, 2.05) is 0 Å². The molecular weight excluding hydrogens is 276 g/mol. The highest BCUT2D eigenvalue weighted by molar-refractivity contribution is 5.78. The Bertz CT molecular complexity index is 544. The van der Waals surface area contributed by atoms with Gasteiger partial charge in [-0.2, -0.15) is 0 Å². The second kappa shape index (κ2) is 6.80. The molecule has 0 radical (unpaired) electrons. The summed E-state index contributed by atoms with van der Waals surface area (Å²) >= 11 is 0. The van der Waals surface area contributed by atoms with Crippen molar-refractivity contribution in [3.05, 3.63) is 34.9 Å². The molecule has 1 saturated carbocycles. The molecule has 2 N–H and O–H groups in total. The minimum absolute atomic E-state index is 0.0139. The molecular formula is C18H26N2O2. The summed E-state index contributed by atoms with van der Waals surface area (Å²) in [5.74, 6) is 0.129. The third-order valence-corrected chi connectivity index (χ3v) is 4.96. The van der Waals surface area contributed by atoms with Gasteiger partial charge in [0.1, 0.15) is 0 Å². The van der Waals surface area contributed by atoms with Gasteiger partial charge in [-0.05, 0) is 43.7 Å². The Morgan fingerprint density at radius 3 is 3.00 bits per heavy atom. The van der Waals surface area contributed by atoms with Gasteiger partial charge in [-0.25, -0.2) is 0 Å². The third-order valence-electron chi connectivity index (χ3n) is 4.96. The first kappa shape index (κ1) is 15.5. The number of hydrogen-bond acceptors (Lipinski definition) is 3. The van der Waals surface area contributed by atoms with Crippen LogP contribution < -0.4 is 5.32 Å². The first-order valence-corrected chi connectivity index (χ1v) is 8.38. The largest absolute Gasteiger partial charge is 0.393 e. The Balaban J connectivity index is 1.43. The average molecular weight is 302 g/mol. The quantitative estimate of drug-likeness (QED) is 0.889. The fraction of sp³-hybridized carbons (Fsp3) is 0.611. The normalized spacial score (nSPS) is 25.0. The van der Waals surface area contributed by atoms with Crippen LogP contribution in [0.5, 0.6) is 0 Å². The topological polar surface area (TPSA) is 52.6 Å². The van der Waals surface area contributed by atoms with Crippen LogP contribution in [-0.2, 0) is 17.8 Å². The zero-order valence-corrected chi connectivity index (χ0v) is 13.3. The van der Waals surface area contributed by atoms with E-state index in [9.17, 15) is 9.90 Å². The molecule has 120 valence electrons. The molecule has 1 heterocycles. The molecule has 4 nitrogen and oxygen atoms in total. The van der Waals surface area contributed by atoms with E-state index in [4.69, 9.17) is 0 Å². The zero-order chi connectivity index (χ0) is 15.5. The molecule has 0 saturated heterocycles. The van der Waals surface area contributed by atoms with E-state index in [1.165, 1.54) is 16.7 Å². The van der Waals surface area contributed by atoms with Gasteiger partial charge in [0, 0.05) is 32.1 Å². The average Bonchev–Trinajstić information content (AvgIpc) is 2.94. The molecule has 2 unspecified atom stereocenters. The number of aryl methyl sites for hydroxylation is 1. The molecule has 1 aliphatic carbocycles. The number of fused-ring (bicyclic) bond motifs is 1. The van der Waals surface area contributed by atoms with Crippen LogP contribution in [0.1, 0.15) is 36.0 Å². The van der Waals surface area contributed by atoms with Gasteiger partial charge in [-0.1, -0.05) is 23.8 Å². The summed E-state index contributed by atoms with van der Waals surface area (Å²) < 4.78 is 0. The van der Waals surface area contributed by atoms with Crippen LogP contribution >= 0.6 is 0 Å². The van der Waals surface area contributed by atoms with Gasteiger partial charge in [0.15, 0.2) is 0 Å². The number of carbonyl (C=O) groups excluding carboxylic acids is 1. The maximum Gasteiger partial charge on any atom is 0.223 e. The van der Waals surface area contributed by atoms with E-state index >= 15 is 0 Å². The van der Waals surface area contributed by atoms with Crippen molar-refractivity contribution in [3.8, 4) is 0 Å². The highest BCUT2D eigenvalue weighted by Crippen LogP contribution is 2.25. The second-order valence-electron chi connectivity index (χ2n) is 6.75. The molecule has 0 aromatic heterocycles. The summed E-state index contributed by atoms with van der Waals surface area (Å²) in [6.45, 7) is 5.78. The van der Waals surface area contributed by atoms with Gasteiger partial charge in [-0.15, -0.1) is 0 Å². The third kappa shape index (κ3) is 3.68. The number of amides is 1. The van der Waals surface area contributed by atoms with Crippen LogP contribution in [0.25, 0.3) is 0 Å². The zero-order valence-electron chi connectivity index (χ0n) is 13.3. The second-order valence-corrected chi connectivity index (χ2v) is 6.75. The summed E-state index contributed by atoms with van der Waals surface area (Å²) in [4.78, 5) is 14.4. The number of rotatable bonds is 4. The Morgan fingerprint density at radius 1 is 1.36 bits per heavy atom. The molecule has 1 aromatic carbocycles. The Morgan fingerprint density at radius 2 is 2.23 bits per heavy atom. The smallest absolute Gasteiger partial charge is 0.223 e. The minimum atomic E-state index is -0.280. The summed E-state index contributed by atoms with van der Waals surface area (Å²) in [7, 11) is 0. The minimum Gasteiger partial charge on any atom is -0.393 e. The Hall–Kier alpha value is -1.39. The number of benzene rings is 1. The number of aliphatic hydroxyl groups excluding tert-OH is 1. The van der Waals surface area contributed by atoms with Crippen LogP contribution in [-0.4, -0.2) is 41.7 Å². The standard InChI is InChI=1S/C18H26N2O2/c1-13-2-3-16-12-20(8-6-14(16)10-13)9-7-19-18(22)15-4-5-17(21)11-15/h2-3,10,15,17,21H,4-9,11-12H2,1H3,(H,19,22). The van der Waals surface area contributed by atoms with Crippen molar-refractivity contribution in [1.82, 2.24) is 10.2 Å². The lowest BCUT2D eigenvalue weighted by Crippen LogP contribution is -2.39. The molecule has 2 atom stereocenters. The van der Waals surface area contributed by atoms with E-state index in [2.05, 4.69) is 35.3 Å². The predicted octanol–water partition coefficient (Wildman–Crippen LogP) is 1.63. The summed E-state index contributed by atoms with van der Waals surface area (Å²) in [6.07, 6.45) is 3.03. The van der Waals surface area contributed by atoms with Crippen LogP contribution in [0.2, 0.25) is 0 Å². The van der Waals surface area contributed by atoms with Crippen LogP contribution in [0, 0.1) is 12.8 Å². The monoisotopic (exact) mass is 302 g/mol. The van der Waals surface area contributed by atoms with Crippen molar-refractivity contribution in [1.29, 1.82) is 0 Å². The summed E-state index contributed by atoms with van der Waals surface area (Å²) in [5, 5.41) is 12.5. The van der Waals surface area contributed by atoms with E-state index in [0.29, 0.717) is 13.0 Å². The molecule has 22 heavy (non-hydrogen) atoms. The van der Waals surface area contributed by atoms with Gasteiger partial charge in [0.2, 0.25) is 5.91 Å². The lowest BCUT2D eigenvalue weighted by molar-refractivity contribution is -0.125. The maximum atomic E-state index is 12.0. The van der Waals surface area contributed by atoms with Crippen LogP contribution in [0.3, 0.4) is 0 Å². The van der Waals surface area contributed by atoms with Gasteiger partial charge >= 0.3 is 0 Å². The van der Waals surface area contributed by atoms with Gasteiger partial charge in [0.05, 0.1) is 6.10 Å². The lowest BCUT2D eigenvalue weighted by Gasteiger charge is -2.29. The van der Waals surface area contributed by atoms with Crippen LogP contribution in [0.4, 0.5) is 0 Å². The predicted molar refractivity (Wildman–Crippen MR) is 86.5 cm³/mol. The van der Waals surface area contributed by atoms with Crippen LogP contribution in [0.15, 0.2) is 18.2 Å². The Labute approximate surface area is 132 Å². The van der Waals surface area contributed by atoms with Crippen molar-refractivity contribution in [2.45, 2.75) is 45.3 Å². The summed E-state index contributed by atoms with van der Waals surface area (Å²) in [5.41, 5.74) is 4.22. The number of nitrogens with one attached hydrogen (secondary N) is 1. The molecule has 0 bridgehead atoms. The fourth-order valence-corrected chi connectivity index (χ4v) is 3.61. The molecule has 1 fully saturated rings. The molecule has 1 amide bonds. The van der Waals surface area contributed by atoms with Crippen molar-refractivity contribution >= 4 is 5.91 Å². The van der Waals surface area contributed by atoms with Gasteiger partial charge in [-0.3, -0.25) is 9.69 Å². The molecule has 2 aliphatic rings. The van der Waals surface area contributed by atoms with Crippen molar-refractivity contribution in [2.24, 2.45) is 5.92 Å². The van der Waals surface area contributed by atoms with E-state index < -0.39 is 0 Å². The fourth-order valence-electron chi connectivity index (χ4n) is 3.61. The Kier molecular flexibility index (Phi) is 4.79. The van der Waals surface area contributed by atoms with Crippen molar-refractivity contribution < 1.29 is 9.90 Å². The lowest BCUT2D eigenvalue weighted by atomic mass is 9.98. The number of nitrogens with zero attached hydrogens (tertiary/aromatic N) is 1. The highest BCUT2D eigenvalue weighted by Gasteiger charge is 2.28. The first-order chi connectivity index (χ1) is 10.6. The molecule has 1 aromatic rings. The molecule has 3 rings (SSSR count). The highest BCUT2D eigenvalue weighted by atomic mass is 16.3. The van der Waals surface area contributed by atoms with E-state index in [-0.39, 0.29) is 17.9 Å².